The number of benzene rings is 3. The third-order valence-electron chi connectivity index (χ3n) is 5.53. The van der Waals surface area contributed by atoms with Crippen molar-refractivity contribution in [2.24, 2.45) is 0 Å². The lowest BCUT2D eigenvalue weighted by Crippen LogP contribution is -2.45. The number of piperazine rings is 1. The highest BCUT2D eigenvalue weighted by Gasteiger charge is 2.18. The monoisotopic (exact) mass is 419 g/mol. The Hall–Kier alpha value is -3.38. The Morgan fingerprint density at radius 1 is 0.968 bits per heavy atom. The number of hydrogen-bond acceptors (Lipinski definition) is 4. The molecule has 0 aromatic heterocycles. The smallest absolute Gasteiger partial charge is 0.258 e. The summed E-state index contributed by atoms with van der Waals surface area (Å²) in [5, 5.41) is 2.75. The number of carbonyl (C=O) groups is 1. The van der Waals surface area contributed by atoms with E-state index in [0.717, 1.165) is 38.4 Å². The predicted molar refractivity (Wildman–Crippen MR) is 121 cm³/mol. The average molecular weight is 420 g/mol. The fraction of sp³-hybridized carbons (Fsp3) is 0.240. The SMILES string of the molecule is COc1ccc(C(=O)Nc2ccc(N3CCN(Cc4ccccc4)CC3)cc2)c(F)c1. The highest BCUT2D eigenvalue weighted by Crippen LogP contribution is 2.22. The zero-order valence-electron chi connectivity index (χ0n) is 17.6. The molecular formula is C25H26FN3O2. The number of nitrogens with zero attached hydrogens (tertiary/aromatic N) is 2. The first-order chi connectivity index (χ1) is 15.1. The Morgan fingerprint density at radius 2 is 1.68 bits per heavy atom. The molecule has 0 aliphatic carbocycles. The molecule has 6 heteroatoms. The van der Waals surface area contributed by atoms with Gasteiger partial charge in [-0.2, -0.15) is 0 Å². The molecule has 1 fully saturated rings. The number of ether oxygens (including phenoxy) is 1. The molecule has 0 atom stereocenters. The third-order valence-corrected chi connectivity index (χ3v) is 5.53. The minimum atomic E-state index is -0.609. The van der Waals surface area contributed by atoms with Gasteiger partial charge >= 0.3 is 0 Å². The Labute approximate surface area is 182 Å². The van der Waals surface area contributed by atoms with Gasteiger partial charge in [0.2, 0.25) is 0 Å². The molecule has 1 aliphatic heterocycles. The highest BCUT2D eigenvalue weighted by molar-refractivity contribution is 6.04. The molecule has 5 nitrogen and oxygen atoms in total. The van der Waals surface area contributed by atoms with Crippen molar-refractivity contribution in [2.45, 2.75) is 6.54 Å². The van der Waals surface area contributed by atoms with Gasteiger partial charge < -0.3 is 15.0 Å². The zero-order valence-corrected chi connectivity index (χ0v) is 17.6. The quantitative estimate of drug-likeness (QED) is 0.643. The lowest BCUT2D eigenvalue weighted by molar-refractivity contribution is 0.102. The van der Waals surface area contributed by atoms with E-state index in [0.29, 0.717) is 11.4 Å². The number of carbonyl (C=O) groups excluding carboxylic acids is 1. The molecule has 0 bridgehead atoms. The first kappa shape index (κ1) is 20.9. The van der Waals surface area contributed by atoms with E-state index in [1.807, 2.05) is 30.3 Å². The van der Waals surface area contributed by atoms with Crippen LogP contribution in [0.5, 0.6) is 5.75 Å². The standard InChI is InChI=1S/C25H26FN3O2/c1-31-22-11-12-23(24(26)17-22)25(30)27-20-7-9-21(10-8-20)29-15-13-28(14-16-29)18-19-5-3-2-4-6-19/h2-12,17H,13-16,18H2,1H3,(H,27,30). The summed E-state index contributed by atoms with van der Waals surface area (Å²) in [5.74, 6) is -0.716. The molecule has 1 N–H and O–H groups in total. The lowest BCUT2D eigenvalue weighted by Gasteiger charge is -2.36. The van der Waals surface area contributed by atoms with Gasteiger partial charge in [0.1, 0.15) is 11.6 Å². The van der Waals surface area contributed by atoms with Crippen LogP contribution in [-0.4, -0.2) is 44.1 Å². The van der Waals surface area contributed by atoms with Gasteiger partial charge in [-0.25, -0.2) is 4.39 Å². The normalized spacial score (nSPS) is 14.3. The Morgan fingerprint density at radius 3 is 2.32 bits per heavy atom. The van der Waals surface area contributed by atoms with Crippen molar-refractivity contribution in [1.29, 1.82) is 0 Å². The van der Waals surface area contributed by atoms with Gasteiger partial charge in [0, 0.05) is 50.2 Å². The van der Waals surface area contributed by atoms with E-state index in [1.54, 1.807) is 6.07 Å². The Bertz CT molecular complexity index is 1020. The second-order valence-electron chi connectivity index (χ2n) is 7.60. The van der Waals surface area contributed by atoms with Crippen LogP contribution in [-0.2, 0) is 6.54 Å². The number of hydrogen-bond donors (Lipinski definition) is 1. The molecule has 0 spiro atoms. The molecule has 1 aliphatic rings. The molecule has 1 amide bonds. The molecule has 0 unspecified atom stereocenters. The van der Waals surface area contributed by atoms with Gasteiger partial charge in [-0.05, 0) is 42.0 Å². The van der Waals surface area contributed by atoms with Crippen LogP contribution in [0.15, 0.2) is 72.8 Å². The molecule has 1 heterocycles. The van der Waals surface area contributed by atoms with E-state index in [9.17, 15) is 9.18 Å². The van der Waals surface area contributed by atoms with Crippen molar-refractivity contribution in [3.63, 3.8) is 0 Å². The van der Waals surface area contributed by atoms with Crippen molar-refractivity contribution >= 4 is 17.3 Å². The van der Waals surface area contributed by atoms with Gasteiger partial charge in [-0.15, -0.1) is 0 Å². The Kier molecular flexibility index (Phi) is 6.48. The summed E-state index contributed by atoms with van der Waals surface area (Å²) in [6, 6.07) is 22.4. The zero-order chi connectivity index (χ0) is 21.6. The second-order valence-corrected chi connectivity index (χ2v) is 7.60. The van der Waals surface area contributed by atoms with E-state index < -0.39 is 11.7 Å². The maximum Gasteiger partial charge on any atom is 0.258 e. The largest absolute Gasteiger partial charge is 0.497 e. The van der Waals surface area contributed by atoms with Crippen LogP contribution in [0, 0.1) is 5.82 Å². The Balaban J connectivity index is 1.32. The van der Waals surface area contributed by atoms with Crippen molar-refractivity contribution in [3.8, 4) is 5.75 Å². The average Bonchev–Trinajstić information content (AvgIpc) is 2.80. The summed E-state index contributed by atoms with van der Waals surface area (Å²) in [4.78, 5) is 17.2. The summed E-state index contributed by atoms with van der Waals surface area (Å²) < 4.78 is 19.1. The van der Waals surface area contributed by atoms with Crippen molar-refractivity contribution in [3.05, 3.63) is 89.7 Å². The summed E-state index contributed by atoms with van der Waals surface area (Å²) in [7, 11) is 1.46. The lowest BCUT2D eigenvalue weighted by atomic mass is 10.1. The van der Waals surface area contributed by atoms with Crippen LogP contribution in [0.25, 0.3) is 0 Å². The maximum absolute atomic E-state index is 14.1. The topological polar surface area (TPSA) is 44.8 Å². The fourth-order valence-corrected chi connectivity index (χ4v) is 3.77. The summed E-state index contributed by atoms with van der Waals surface area (Å²) in [6.45, 7) is 4.89. The molecule has 3 aromatic carbocycles. The van der Waals surface area contributed by atoms with Crippen LogP contribution >= 0.6 is 0 Å². The van der Waals surface area contributed by atoms with Gasteiger partial charge in [-0.3, -0.25) is 9.69 Å². The summed E-state index contributed by atoms with van der Waals surface area (Å²) >= 11 is 0. The van der Waals surface area contributed by atoms with E-state index in [2.05, 4.69) is 39.4 Å². The van der Waals surface area contributed by atoms with Gasteiger partial charge in [0.25, 0.3) is 5.91 Å². The molecule has 3 aromatic rings. The van der Waals surface area contributed by atoms with Gasteiger partial charge in [-0.1, -0.05) is 30.3 Å². The number of nitrogens with one attached hydrogen (secondary N) is 1. The molecule has 4 rings (SSSR count). The second kappa shape index (κ2) is 9.62. The number of methoxy groups -OCH3 is 1. The van der Waals surface area contributed by atoms with Crippen LogP contribution in [0.4, 0.5) is 15.8 Å². The van der Waals surface area contributed by atoms with Crippen LogP contribution < -0.4 is 15.0 Å². The molecule has 31 heavy (non-hydrogen) atoms. The summed E-state index contributed by atoms with van der Waals surface area (Å²) in [6.07, 6.45) is 0. The highest BCUT2D eigenvalue weighted by atomic mass is 19.1. The molecular weight excluding hydrogens is 393 g/mol. The van der Waals surface area contributed by atoms with Crippen LogP contribution in [0.3, 0.4) is 0 Å². The van der Waals surface area contributed by atoms with Crippen LogP contribution in [0.2, 0.25) is 0 Å². The molecule has 0 saturated carbocycles. The van der Waals surface area contributed by atoms with E-state index in [4.69, 9.17) is 4.74 Å². The predicted octanol–water partition coefficient (Wildman–Crippen LogP) is 4.41. The first-order valence-corrected chi connectivity index (χ1v) is 10.4. The third kappa shape index (κ3) is 5.22. The van der Waals surface area contributed by atoms with Gasteiger partial charge in [0.05, 0.1) is 12.7 Å². The first-order valence-electron chi connectivity index (χ1n) is 10.4. The number of amides is 1. The minimum Gasteiger partial charge on any atom is -0.497 e. The maximum atomic E-state index is 14.1. The minimum absolute atomic E-state index is 0.0144. The number of halogens is 1. The number of anilines is 2. The van der Waals surface area contributed by atoms with Gasteiger partial charge in [0.15, 0.2) is 0 Å². The molecule has 160 valence electrons. The van der Waals surface area contributed by atoms with E-state index >= 15 is 0 Å². The van der Waals surface area contributed by atoms with Crippen molar-refractivity contribution in [2.75, 3.05) is 43.5 Å². The molecule has 1 saturated heterocycles. The fourth-order valence-electron chi connectivity index (χ4n) is 3.77. The summed E-state index contributed by atoms with van der Waals surface area (Å²) in [5.41, 5.74) is 3.07. The van der Waals surface area contributed by atoms with Crippen LogP contribution in [0.1, 0.15) is 15.9 Å². The molecule has 0 radical (unpaired) electrons. The van der Waals surface area contributed by atoms with E-state index in [1.165, 1.54) is 24.8 Å². The van der Waals surface area contributed by atoms with Crippen molar-refractivity contribution in [1.82, 2.24) is 4.90 Å². The van der Waals surface area contributed by atoms with Crippen molar-refractivity contribution < 1.29 is 13.9 Å². The van der Waals surface area contributed by atoms with E-state index in [-0.39, 0.29) is 5.56 Å². The number of rotatable bonds is 6.